The van der Waals surface area contributed by atoms with E-state index in [1.54, 1.807) is 30.3 Å². The Morgan fingerprint density at radius 1 is 1.12 bits per heavy atom. The average Bonchev–Trinajstić information content (AvgIpc) is 2.72. The van der Waals surface area contributed by atoms with Crippen molar-refractivity contribution in [2.45, 2.75) is 24.5 Å². The van der Waals surface area contributed by atoms with Gasteiger partial charge in [0.2, 0.25) is 0 Å². The van der Waals surface area contributed by atoms with Crippen LogP contribution in [0.3, 0.4) is 0 Å². The van der Waals surface area contributed by atoms with Crippen LogP contribution in [0.1, 0.15) is 27.0 Å². The zero-order chi connectivity index (χ0) is 23.7. The Kier molecular flexibility index (Phi) is 6.47. The molecule has 0 radical (unpaired) electrons. The maximum atomic E-state index is 13.5. The van der Waals surface area contributed by atoms with Gasteiger partial charge in [0.1, 0.15) is 0 Å². The molecule has 0 aliphatic carbocycles. The number of aryl methyl sites for hydroxylation is 1. The van der Waals surface area contributed by atoms with Gasteiger partial charge in [-0.05, 0) is 42.3 Å². The molecule has 11 heteroatoms. The molecule has 0 saturated carbocycles. The number of nitrogens with zero attached hydrogens (tertiary/aromatic N) is 2. The maximum Gasteiger partial charge on any atom is 0.417 e. The Balaban J connectivity index is 2.15. The number of rotatable bonds is 6. The zero-order valence-corrected chi connectivity index (χ0v) is 18.0. The Labute approximate surface area is 187 Å². The van der Waals surface area contributed by atoms with Gasteiger partial charge in [0.15, 0.2) is 5.82 Å². The van der Waals surface area contributed by atoms with Gasteiger partial charge in [0, 0.05) is 6.20 Å². The van der Waals surface area contributed by atoms with Crippen LogP contribution in [0.25, 0.3) is 0 Å². The van der Waals surface area contributed by atoms with E-state index >= 15 is 0 Å². The molecule has 0 amide bonds. The van der Waals surface area contributed by atoms with E-state index in [1.165, 1.54) is 13.0 Å². The SMILES string of the molecule is Cc1cc(S(=O)(=O)N(Cc2ccccc2)c2ncc(C(F)(F)F)cc2Cl)ccc1C(=O)O. The number of carbonyl (C=O) groups is 1. The predicted octanol–water partition coefficient (Wildman–Crippen LogP) is 5.16. The minimum atomic E-state index is -4.71. The second-order valence-electron chi connectivity index (χ2n) is 6.81. The van der Waals surface area contributed by atoms with Crippen molar-refractivity contribution < 1.29 is 31.5 Å². The summed E-state index contributed by atoms with van der Waals surface area (Å²) >= 11 is 6.04. The van der Waals surface area contributed by atoms with Gasteiger partial charge in [0.05, 0.1) is 27.6 Å². The minimum Gasteiger partial charge on any atom is -0.478 e. The van der Waals surface area contributed by atoms with E-state index in [0.717, 1.165) is 16.4 Å². The molecule has 0 bridgehead atoms. The number of sulfonamides is 1. The number of aromatic carboxylic acids is 1. The molecule has 0 atom stereocenters. The summed E-state index contributed by atoms with van der Waals surface area (Å²) in [5.74, 6) is -1.61. The second-order valence-corrected chi connectivity index (χ2v) is 9.08. The summed E-state index contributed by atoms with van der Waals surface area (Å²) in [6, 6.07) is 12.4. The molecule has 0 fully saturated rings. The Morgan fingerprint density at radius 2 is 1.78 bits per heavy atom. The molecule has 6 nitrogen and oxygen atoms in total. The van der Waals surface area contributed by atoms with E-state index in [-0.39, 0.29) is 28.4 Å². The standard InChI is InChI=1S/C21H16ClF3N2O4S/c1-13-9-16(7-8-17(13)20(28)29)32(30,31)27(12-14-5-3-2-4-6-14)19-18(22)10-15(11-26-19)21(23,24)25/h2-11H,12H2,1H3,(H,28,29). The first kappa shape index (κ1) is 23.6. The summed E-state index contributed by atoms with van der Waals surface area (Å²) in [5.41, 5.74) is -0.466. The fourth-order valence-corrected chi connectivity index (χ4v) is 4.79. The summed E-state index contributed by atoms with van der Waals surface area (Å²) in [6.07, 6.45) is -4.20. The van der Waals surface area contributed by atoms with Crippen LogP contribution in [0.5, 0.6) is 0 Å². The highest BCUT2D eigenvalue weighted by molar-refractivity contribution is 7.92. The molecule has 32 heavy (non-hydrogen) atoms. The van der Waals surface area contributed by atoms with Crippen LogP contribution in [0.15, 0.2) is 65.7 Å². The van der Waals surface area contributed by atoms with Crippen LogP contribution in [-0.4, -0.2) is 24.5 Å². The van der Waals surface area contributed by atoms with Crippen LogP contribution in [-0.2, 0) is 22.7 Å². The van der Waals surface area contributed by atoms with E-state index in [0.29, 0.717) is 17.8 Å². The van der Waals surface area contributed by atoms with E-state index < -0.39 is 32.8 Å². The fraction of sp³-hybridized carbons (Fsp3) is 0.143. The van der Waals surface area contributed by atoms with Crippen LogP contribution in [0.4, 0.5) is 19.0 Å². The number of pyridine rings is 1. The van der Waals surface area contributed by atoms with Gasteiger partial charge < -0.3 is 5.11 Å². The molecule has 1 aromatic heterocycles. The van der Waals surface area contributed by atoms with Gasteiger partial charge in [-0.25, -0.2) is 22.5 Å². The monoisotopic (exact) mass is 484 g/mol. The molecule has 0 aliphatic heterocycles. The zero-order valence-electron chi connectivity index (χ0n) is 16.5. The topological polar surface area (TPSA) is 87.6 Å². The molecule has 0 aliphatic rings. The molecule has 3 rings (SSSR count). The highest BCUT2D eigenvalue weighted by atomic mass is 35.5. The van der Waals surface area contributed by atoms with Crippen molar-refractivity contribution in [3.63, 3.8) is 0 Å². The molecule has 2 aromatic carbocycles. The summed E-state index contributed by atoms with van der Waals surface area (Å²) in [6.45, 7) is 1.17. The maximum absolute atomic E-state index is 13.5. The first-order valence-electron chi connectivity index (χ1n) is 9.04. The molecule has 1 N–H and O–H groups in total. The van der Waals surface area contributed by atoms with Crippen molar-refractivity contribution >= 4 is 33.4 Å². The average molecular weight is 485 g/mol. The number of anilines is 1. The summed E-state index contributed by atoms with van der Waals surface area (Å²) in [5, 5.41) is 8.69. The fourth-order valence-electron chi connectivity index (χ4n) is 2.96. The largest absolute Gasteiger partial charge is 0.478 e. The number of hydrogen-bond acceptors (Lipinski definition) is 4. The van der Waals surface area contributed by atoms with Crippen molar-refractivity contribution in [2.75, 3.05) is 4.31 Å². The van der Waals surface area contributed by atoms with Crippen LogP contribution in [0, 0.1) is 6.92 Å². The van der Waals surface area contributed by atoms with Crippen molar-refractivity contribution in [1.29, 1.82) is 0 Å². The molecule has 0 spiro atoms. The number of hydrogen-bond donors (Lipinski definition) is 1. The van der Waals surface area contributed by atoms with E-state index in [9.17, 15) is 31.5 Å². The Bertz CT molecular complexity index is 1270. The van der Waals surface area contributed by atoms with E-state index in [4.69, 9.17) is 11.6 Å². The molecule has 3 aromatic rings. The number of benzene rings is 2. The third-order valence-corrected chi connectivity index (χ3v) is 6.58. The Morgan fingerprint density at radius 3 is 2.31 bits per heavy atom. The van der Waals surface area contributed by atoms with E-state index in [2.05, 4.69) is 4.98 Å². The van der Waals surface area contributed by atoms with Crippen LogP contribution < -0.4 is 4.31 Å². The van der Waals surface area contributed by atoms with Crippen molar-refractivity contribution in [1.82, 2.24) is 4.98 Å². The summed E-state index contributed by atoms with van der Waals surface area (Å²) < 4.78 is 66.8. The quantitative estimate of drug-likeness (QED) is 0.522. The highest BCUT2D eigenvalue weighted by Crippen LogP contribution is 2.36. The minimum absolute atomic E-state index is 0.0794. The van der Waals surface area contributed by atoms with Crippen molar-refractivity contribution in [3.8, 4) is 0 Å². The number of alkyl halides is 3. The first-order valence-corrected chi connectivity index (χ1v) is 10.9. The van der Waals surface area contributed by atoms with E-state index in [1.807, 2.05) is 0 Å². The summed E-state index contributed by atoms with van der Waals surface area (Å²) in [7, 11) is -4.38. The highest BCUT2D eigenvalue weighted by Gasteiger charge is 2.34. The first-order chi connectivity index (χ1) is 14.9. The lowest BCUT2D eigenvalue weighted by Gasteiger charge is -2.25. The molecule has 1 heterocycles. The lowest BCUT2D eigenvalue weighted by Crippen LogP contribution is -2.32. The van der Waals surface area contributed by atoms with Gasteiger partial charge in [-0.15, -0.1) is 0 Å². The van der Waals surface area contributed by atoms with Gasteiger partial charge in [-0.2, -0.15) is 13.2 Å². The van der Waals surface area contributed by atoms with Gasteiger partial charge in [-0.3, -0.25) is 0 Å². The number of halogens is 4. The van der Waals surface area contributed by atoms with Gasteiger partial charge >= 0.3 is 12.1 Å². The molecular weight excluding hydrogens is 469 g/mol. The normalized spacial score (nSPS) is 11.9. The van der Waals surface area contributed by atoms with Crippen molar-refractivity contribution in [2.24, 2.45) is 0 Å². The van der Waals surface area contributed by atoms with Crippen LogP contribution in [0.2, 0.25) is 5.02 Å². The molecule has 0 saturated heterocycles. The van der Waals surface area contributed by atoms with Gasteiger partial charge in [0.25, 0.3) is 10.0 Å². The lowest BCUT2D eigenvalue weighted by atomic mass is 10.1. The third-order valence-electron chi connectivity index (χ3n) is 4.57. The molecular formula is C21H16ClF3N2O4S. The van der Waals surface area contributed by atoms with Crippen LogP contribution >= 0.6 is 11.6 Å². The summed E-state index contributed by atoms with van der Waals surface area (Å²) in [4.78, 5) is 14.7. The number of aromatic nitrogens is 1. The number of carboxylic acid groups (broad SMARTS) is 1. The molecule has 168 valence electrons. The second kappa shape index (κ2) is 8.79. The van der Waals surface area contributed by atoms with Gasteiger partial charge in [-0.1, -0.05) is 41.9 Å². The van der Waals surface area contributed by atoms with Crippen molar-refractivity contribution in [3.05, 3.63) is 88.1 Å². The smallest absolute Gasteiger partial charge is 0.417 e. The molecule has 0 unspecified atom stereocenters. The predicted molar refractivity (Wildman–Crippen MR) is 112 cm³/mol. The lowest BCUT2D eigenvalue weighted by molar-refractivity contribution is -0.137. The third kappa shape index (κ3) is 4.86. The Hall–Kier alpha value is -3.11. The number of carboxylic acids is 1.